The van der Waals surface area contributed by atoms with E-state index in [-0.39, 0.29) is 17.1 Å². The molecule has 0 aromatic heterocycles. The molecule has 3 heteroatoms. The van der Waals surface area contributed by atoms with Crippen molar-refractivity contribution in [1.82, 2.24) is 0 Å². The number of benzene rings is 2. The van der Waals surface area contributed by atoms with E-state index in [1.54, 1.807) is 0 Å². The van der Waals surface area contributed by atoms with Crippen molar-refractivity contribution in [3.63, 3.8) is 0 Å². The van der Waals surface area contributed by atoms with Crippen molar-refractivity contribution in [3.05, 3.63) is 59.7 Å². The molecule has 1 fully saturated rings. The van der Waals surface area contributed by atoms with Crippen LogP contribution in [0, 0.1) is 11.3 Å². The fourth-order valence-electron chi connectivity index (χ4n) is 4.69. The van der Waals surface area contributed by atoms with Gasteiger partial charge in [0.1, 0.15) is 23.7 Å². The largest absolute Gasteiger partial charge is 0.489 e. The van der Waals surface area contributed by atoms with E-state index in [0.29, 0.717) is 12.5 Å². The molecule has 1 heterocycles. The van der Waals surface area contributed by atoms with E-state index in [1.807, 2.05) is 30.3 Å². The van der Waals surface area contributed by atoms with Crippen LogP contribution in [-0.2, 0) is 13.0 Å². The van der Waals surface area contributed by atoms with Crippen LogP contribution in [-0.4, -0.2) is 16.8 Å². The molecular weight excluding hydrogens is 324 g/mol. The van der Waals surface area contributed by atoms with E-state index in [1.165, 1.54) is 5.56 Å². The first kappa shape index (κ1) is 17.4. The molecule has 0 bridgehead atoms. The molecule has 1 N–H and O–H groups in total. The van der Waals surface area contributed by atoms with Gasteiger partial charge in [0.25, 0.3) is 0 Å². The third-order valence-electron chi connectivity index (χ3n) is 6.46. The maximum absolute atomic E-state index is 10.5. The van der Waals surface area contributed by atoms with Crippen LogP contribution in [0.5, 0.6) is 11.5 Å². The van der Waals surface area contributed by atoms with E-state index < -0.39 is 0 Å². The summed E-state index contributed by atoms with van der Waals surface area (Å²) in [5.74, 6) is 2.08. The lowest BCUT2D eigenvalue weighted by Crippen LogP contribution is -2.58. The molecule has 3 nitrogen and oxygen atoms in total. The monoisotopic (exact) mass is 352 g/mol. The Balaban J connectivity index is 1.55. The lowest BCUT2D eigenvalue weighted by atomic mass is 9.58. The summed E-state index contributed by atoms with van der Waals surface area (Å²) in [6, 6.07) is 16.4. The topological polar surface area (TPSA) is 38.7 Å². The van der Waals surface area contributed by atoms with Gasteiger partial charge in [-0.25, -0.2) is 0 Å². The Kier molecular flexibility index (Phi) is 4.23. The summed E-state index contributed by atoms with van der Waals surface area (Å²) < 4.78 is 12.5. The Hall–Kier alpha value is -2.00. The van der Waals surface area contributed by atoms with Gasteiger partial charge < -0.3 is 14.6 Å². The summed E-state index contributed by atoms with van der Waals surface area (Å²) in [7, 11) is 0. The van der Waals surface area contributed by atoms with Crippen molar-refractivity contribution in [3.8, 4) is 11.5 Å². The van der Waals surface area contributed by atoms with E-state index >= 15 is 0 Å². The van der Waals surface area contributed by atoms with Gasteiger partial charge in [-0.05, 0) is 48.8 Å². The van der Waals surface area contributed by atoms with E-state index in [0.717, 1.165) is 36.3 Å². The normalized spacial score (nSPS) is 29.2. The molecule has 0 saturated heterocycles. The predicted octanol–water partition coefficient (Wildman–Crippen LogP) is 4.76. The minimum atomic E-state index is -0.265. The van der Waals surface area contributed by atoms with Gasteiger partial charge in [0.05, 0.1) is 6.10 Å². The van der Waals surface area contributed by atoms with Crippen LogP contribution in [0.2, 0.25) is 0 Å². The van der Waals surface area contributed by atoms with Crippen molar-refractivity contribution >= 4 is 0 Å². The second-order valence-electron chi connectivity index (χ2n) is 8.59. The molecule has 0 radical (unpaired) electrons. The molecule has 1 aliphatic carbocycles. The average molecular weight is 352 g/mol. The SMILES string of the molecule is CC1(C)[C@H](O)CC[C@@]2(C)Oc3cc(OCc4ccccc4)ccc3C[C@H]12. The number of hydrogen-bond donors (Lipinski definition) is 1. The Bertz CT molecular complexity index is 783. The van der Waals surface area contributed by atoms with Crippen LogP contribution >= 0.6 is 0 Å². The van der Waals surface area contributed by atoms with Gasteiger partial charge in [0.15, 0.2) is 0 Å². The van der Waals surface area contributed by atoms with Gasteiger partial charge in [0.2, 0.25) is 0 Å². The maximum Gasteiger partial charge on any atom is 0.127 e. The number of fused-ring (bicyclic) bond motifs is 2. The zero-order valence-corrected chi connectivity index (χ0v) is 15.9. The van der Waals surface area contributed by atoms with Crippen molar-refractivity contribution in [2.45, 2.75) is 58.3 Å². The van der Waals surface area contributed by atoms with Crippen molar-refractivity contribution in [2.24, 2.45) is 11.3 Å². The van der Waals surface area contributed by atoms with E-state index in [9.17, 15) is 5.11 Å². The summed E-state index contributed by atoms with van der Waals surface area (Å²) in [5, 5.41) is 10.5. The van der Waals surface area contributed by atoms with Crippen LogP contribution in [0.15, 0.2) is 48.5 Å². The predicted molar refractivity (Wildman–Crippen MR) is 102 cm³/mol. The summed E-state index contributed by atoms with van der Waals surface area (Å²) in [6.07, 6.45) is 2.35. The fourth-order valence-corrected chi connectivity index (χ4v) is 4.69. The lowest BCUT2D eigenvalue weighted by Gasteiger charge is -2.55. The van der Waals surface area contributed by atoms with Crippen molar-refractivity contribution in [1.29, 1.82) is 0 Å². The molecule has 138 valence electrons. The number of aliphatic hydroxyl groups excluding tert-OH is 1. The zero-order chi connectivity index (χ0) is 18.4. The molecule has 2 aliphatic rings. The third-order valence-corrected chi connectivity index (χ3v) is 6.46. The molecule has 4 rings (SSSR count). The zero-order valence-electron chi connectivity index (χ0n) is 15.9. The molecule has 0 unspecified atom stereocenters. The standard InChI is InChI=1S/C23H28O3/c1-22(2)20-13-17-9-10-18(25-15-16-7-5-4-6-8-16)14-19(17)26-23(20,3)12-11-21(22)24/h4-10,14,20-21,24H,11-13,15H2,1-3H3/t20-,21-,23-/m1/s1. The second kappa shape index (κ2) is 6.31. The van der Waals surface area contributed by atoms with Crippen LogP contribution in [0.3, 0.4) is 0 Å². The van der Waals surface area contributed by atoms with Crippen LogP contribution < -0.4 is 9.47 Å². The lowest BCUT2D eigenvalue weighted by molar-refractivity contribution is -0.137. The number of hydrogen-bond acceptors (Lipinski definition) is 3. The van der Waals surface area contributed by atoms with Gasteiger partial charge in [-0.3, -0.25) is 0 Å². The molecular formula is C23H28O3. The van der Waals surface area contributed by atoms with Gasteiger partial charge in [-0.1, -0.05) is 50.2 Å². The Morgan fingerprint density at radius 3 is 2.65 bits per heavy atom. The summed E-state index contributed by atoms with van der Waals surface area (Å²) in [5.41, 5.74) is 1.99. The molecule has 2 aromatic rings. The van der Waals surface area contributed by atoms with Gasteiger partial charge in [-0.2, -0.15) is 0 Å². The summed E-state index contributed by atoms with van der Waals surface area (Å²) in [6.45, 7) is 7.10. The second-order valence-corrected chi connectivity index (χ2v) is 8.59. The highest BCUT2D eigenvalue weighted by atomic mass is 16.5. The highest BCUT2D eigenvalue weighted by Gasteiger charge is 2.54. The Morgan fingerprint density at radius 1 is 1.12 bits per heavy atom. The molecule has 2 aromatic carbocycles. The molecule has 0 amide bonds. The van der Waals surface area contributed by atoms with Crippen molar-refractivity contribution < 1.29 is 14.6 Å². The molecule has 26 heavy (non-hydrogen) atoms. The Labute approximate surface area is 156 Å². The smallest absolute Gasteiger partial charge is 0.127 e. The van der Waals surface area contributed by atoms with Gasteiger partial charge in [0, 0.05) is 12.0 Å². The molecule has 1 aliphatic heterocycles. The minimum absolute atomic E-state index is 0.146. The third kappa shape index (κ3) is 2.99. The first-order chi connectivity index (χ1) is 12.4. The number of aliphatic hydroxyl groups is 1. The highest BCUT2D eigenvalue weighted by Crippen LogP contribution is 2.53. The number of ether oxygens (including phenoxy) is 2. The number of rotatable bonds is 3. The maximum atomic E-state index is 10.5. The molecule has 0 spiro atoms. The van der Waals surface area contributed by atoms with E-state index in [4.69, 9.17) is 9.47 Å². The summed E-state index contributed by atoms with van der Waals surface area (Å²) in [4.78, 5) is 0. The molecule has 1 saturated carbocycles. The first-order valence-corrected chi connectivity index (χ1v) is 9.55. The first-order valence-electron chi connectivity index (χ1n) is 9.55. The van der Waals surface area contributed by atoms with E-state index in [2.05, 4.69) is 39.0 Å². The minimum Gasteiger partial charge on any atom is -0.489 e. The van der Waals surface area contributed by atoms with Crippen molar-refractivity contribution in [2.75, 3.05) is 0 Å². The van der Waals surface area contributed by atoms with Crippen LogP contribution in [0.1, 0.15) is 44.7 Å². The highest BCUT2D eigenvalue weighted by molar-refractivity contribution is 5.43. The fraction of sp³-hybridized carbons (Fsp3) is 0.478. The quantitative estimate of drug-likeness (QED) is 0.866. The summed E-state index contributed by atoms with van der Waals surface area (Å²) >= 11 is 0. The Morgan fingerprint density at radius 2 is 1.88 bits per heavy atom. The molecule has 3 atom stereocenters. The van der Waals surface area contributed by atoms with Gasteiger partial charge in [-0.15, -0.1) is 0 Å². The van der Waals surface area contributed by atoms with Crippen LogP contribution in [0.4, 0.5) is 0 Å². The average Bonchev–Trinajstić information content (AvgIpc) is 2.63. The van der Waals surface area contributed by atoms with Gasteiger partial charge >= 0.3 is 0 Å². The van der Waals surface area contributed by atoms with Crippen LogP contribution in [0.25, 0.3) is 0 Å².